The molecule has 0 unspecified atom stereocenters. The highest BCUT2D eigenvalue weighted by Gasteiger charge is 2.13. The van der Waals surface area contributed by atoms with Crippen LogP contribution in [0.25, 0.3) is 10.7 Å². The van der Waals surface area contributed by atoms with Crippen LogP contribution in [-0.4, -0.2) is 22.8 Å². The van der Waals surface area contributed by atoms with E-state index in [0.29, 0.717) is 40.4 Å². The Morgan fingerprint density at radius 1 is 1.37 bits per heavy atom. The molecule has 2 aromatic heterocycles. The molecule has 4 nitrogen and oxygen atoms in total. The Bertz CT molecular complexity index is 887. The minimum Gasteiger partial charge on any atom is -0.365 e. The summed E-state index contributed by atoms with van der Waals surface area (Å²) in [5.74, 6) is 1.33. The standard InChI is InChI=1S/C20H21Cl2N3OS/c1-4-6-16-13(3)24-20(17-7-8-18(22)27-17)25-19(16)23-12-15(21)11-14(5-2)9-10-26/h4-5,7-8,10-11H,1,6,9,12H2,2-3H3,(H,23,24,25)/b14-5-,15-11+. The fraction of sp³-hybridized carbons (Fsp3) is 0.250. The van der Waals surface area contributed by atoms with Gasteiger partial charge in [-0.2, -0.15) is 0 Å². The van der Waals surface area contributed by atoms with Gasteiger partial charge < -0.3 is 10.1 Å². The third-order valence-electron chi connectivity index (χ3n) is 3.81. The van der Waals surface area contributed by atoms with Crippen LogP contribution in [-0.2, 0) is 11.2 Å². The molecule has 7 heteroatoms. The van der Waals surface area contributed by atoms with Gasteiger partial charge in [0.25, 0.3) is 0 Å². The second-order valence-electron chi connectivity index (χ2n) is 5.74. The van der Waals surface area contributed by atoms with Gasteiger partial charge in [0.1, 0.15) is 12.1 Å². The van der Waals surface area contributed by atoms with Crippen LogP contribution in [0.1, 0.15) is 24.6 Å². The van der Waals surface area contributed by atoms with Crippen molar-refractivity contribution in [2.75, 3.05) is 11.9 Å². The maximum absolute atomic E-state index is 10.7. The van der Waals surface area contributed by atoms with E-state index in [9.17, 15) is 4.79 Å². The molecule has 0 aliphatic heterocycles. The summed E-state index contributed by atoms with van der Waals surface area (Å²) in [5, 5.41) is 3.87. The number of nitrogens with zero attached hydrogens (tertiary/aromatic N) is 2. The Morgan fingerprint density at radius 2 is 2.15 bits per heavy atom. The Hall–Kier alpha value is -1.95. The second-order valence-corrected chi connectivity index (χ2v) is 7.94. The van der Waals surface area contributed by atoms with Gasteiger partial charge in [0.2, 0.25) is 0 Å². The molecule has 2 aromatic rings. The van der Waals surface area contributed by atoms with Crippen LogP contribution < -0.4 is 5.32 Å². The van der Waals surface area contributed by atoms with E-state index in [4.69, 9.17) is 23.2 Å². The van der Waals surface area contributed by atoms with Gasteiger partial charge in [-0.3, -0.25) is 0 Å². The number of rotatable bonds is 9. The van der Waals surface area contributed by atoms with Crippen molar-refractivity contribution in [2.45, 2.75) is 26.7 Å². The lowest BCUT2D eigenvalue weighted by Gasteiger charge is -2.13. The third-order valence-corrected chi connectivity index (χ3v) is 5.28. The Balaban J connectivity index is 2.30. The molecule has 0 amide bonds. The molecule has 1 N–H and O–H groups in total. The molecule has 0 atom stereocenters. The zero-order valence-corrected chi connectivity index (χ0v) is 17.6. The van der Waals surface area contributed by atoms with E-state index in [1.54, 1.807) is 6.08 Å². The van der Waals surface area contributed by atoms with Gasteiger partial charge in [-0.15, -0.1) is 17.9 Å². The lowest BCUT2D eigenvalue weighted by molar-refractivity contribution is -0.107. The highest BCUT2D eigenvalue weighted by atomic mass is 35.5. The number of aldehydes is 1. The number of aryl methyl sites for hydroxylation is 1. The van der Waals surface area contributed by atoms with Crippen molar-refractivity contribution in [3.05, 3.63) is 63.1 Å². The Morgan fingerprint density at radius 3 is 2.74 bits per heavy atom. The van der Waals surface area contributed by atoms with E-state index in [2.05, 4.69) is 21.9 Å². The molecule has 0 spiro atoms. The summed E-state index contributed by atoms with van der Waals surface area (Å²) in [6.07, 6.45) is 7.32. The monoisotopic (exact) mass is 421 g/mol. The van der Waals surface area contributed by atoms with Crippen LogP contribution in [0.4, 0.5) is 5.82 Å². The summed E-state index contributed by atoms with van der Waals surface area (Å²) in [4.78, 5) is 20.9. The molecule has 0 saturated carbocycles. The lowest BCUT2D eigenvalue weighted by Crippen LogP contribution is -2.10. The predicted octanol–water partition coefficient (Wildman–Crippen LogP) is 5.97. The molecule has 0 saturated heterocycles. The van der Waals surface area contributed by atoms with Crippen molar-refractivity contribution < 1.29 is 4.79 Å². The first-order valence-corrected chi connectivity index (χ1v) is 9.98. The van der Waals surface area contributed by atoms with Gasteiger partial charge in [0, 0.05) is 22.7 Å². The van der Waals surface area contributed by atoms with Gasteiger partial charge in [-0.05, 0) is 44.1 Å². The third kappa shape index (κ3) is 6.03. The van der Waals surface area contributed by atoms with E-state index < -0.39 is 0 Å². The maximum Gasteiger partial charge on any atom is 0.171 e. The summed E-state index contributed by atoms with van der Waals surface area (Å²) in [6.45, 7) is 8.03. The van der Waals surface area contributed by atoms with Crippen LogP contribution in [0.3, 0.4) is 0 Å². The Kier molecular flexibility index (Phi) is 8.23. The summed E-state index contributed by atoms with van der Waals surface area (Å²) >= 11 is 13.8. The molecule has 0 radical (unpaired) electrons. The van der Waals surface area contributed by atoms with Crippen molar-refractivity contribution in [2.24, 2.45) is 0 Å². The number of hydrogen-bond acceptors (Lipinski definition) is 5. The molecule has 2 heterocycles. The summed E-state index contributed by atoms with van der Waals surface area (Å²) < 4.78 is 0.691. The summed E-state index contributed by atoms with van der Waals surface area (Å²) in [5.41, 5.74) is 2.72. The number of hydrogen-bond donors (Lipinski definition) is 1. The highest BCUT2D eigenvalue weighted by Crippen LogP contribution is 2.31. The van der Waals surface area contributed by atoms with Gasteiger partial charge in [0.15, 0.2) is 5.82 Å². The first kappa shape index (κ1) is 21.4. The SMILES string of the molecule is C=CCc1c(C)nc(-c2ccc(Cl)s2)nc1NC/C(Cl)=C\C(=C/C)CC=O. The second kappa shape index (κ2) is 10.4. The molecule has 0 aromatic carbocycles. The van der Waals surface area contributed by atoms with E-state index in [-0.39, 0.29) is 0 Å². The normalized spacial score (nSPS) is 12.1. The van der Waals surface area contributed by atoms with E-state index in [1.165, 1.54) is 11.3 Å². The molecule has 142 valence electrons. The van der Waals surface area contributed by atoms with Crippen molar-refractivity contribution in [1.29, 1.82) is 0 Å². The number of anilines is 1. The number of aromatic nitrogens is 2. The fourth-order valence-corrected chi connectivity index (χ4v) is 3.64. The van der Waals surface area contributed by atoms with Crippen molar-refractivity contribution in [1.82, 2.24) is 9.97 Å². The van der Waals surface area contributed by atoms with Crippen molar-refractivity contribution >= 4 is 46.6 Å². The number of carbonyl (C=O) groups excluding carboxylic acids is 1. The first-order chi connectivity index (χ1) is 13.0. The number of carbonyl (C=O) groups is 1. The quantitative estimate of drug-likeness (QED) is 0.308. The van der Waals surface area contributed by atoms with E-state index >= 15 is 0 Å². The van der Waals surface area contributed by atoms with Crippen LogP contribution in [0.15, 0.2) is 47.5 Å². The van der Waals surface area contributed by atoms with Crippen LogP contribution in [0, 0.1) is 6.92 Å². The first-order valence-electron chi connectivity index (χ1n) is 8.41. The van der Waals surface area contributed by atoms with Crippen LogP contribution >= 0.6 is 34.5 Å². The molecule has 27 heavy (non-hydrogen) atoms. The number of nitrogens with one attached hydrogen (secondary N) is 1. The summed E-state index contributed by atoms with van der Waals surface area (Å²) in [7, 11) is 0. The smallest absolute Gasteiger partial charge is 0.171 e. The summed E-state index contributed by atoms with van der Waals surface area (Å²) in [6, 6.07) is 3.74. The van der Waals surface area contributed by atoms with E-state index in [1.807, 2.05) is 38.1 Å². The van der Waals surface area contributed by atoms with E-state index in [0.717, 1.165) is 28.0 Å². The van der Waals surface area contributed by atoms with Crippen LogP contribution in [0.2, 0.25) is 4.34 Å². The minimum atomic E-state index is 0.338. The number of thiophene rings is 1. The molecule has 0 fully saturated rings. The van der Waals surface area contributed by atoms with Crippen molar-refractivity contribution in [3.8, 4) is 10.7 Å². The molecule has 2 rings (SSSR count). The average Bonchev–Trinajstić information content (AvgIpc) is 3.08. The molecular formula is C20H21Cl2N3OS. The Labute approximate surface area is 173 Å². The maximum atomic E-state index is 10.7. The molecule has 0 bridgehead atoms. The van der Waals surface area contributed by atoms with Crippen molar-refractivity contribution in [3.63, 3.8) is 0 Å². The molecule has 0 aliphatic rings. The zero-order chi connectivity index (χ0) is 19.8. The molecular weight excluding hydrogens is 401 g/mol. The van der Waals surface area contributed by atoms with Crippen LogP contribution in [0.5, 0.6) is 0 Å². The average molecular weight is 422 g/mol. The fourth-order valence-electron chi connectivity index (χ4n) is 2.45. The lowest BCUT2D eigenvalue weighted by atomic mass is 10.1. The van der Waals surface area contributed by atoms with Gasteiger partial charge in [-0.1, -0.05) is 35.4 Å². The zero-order valence-electron chi connectivity index (χ0n) is 15.3. The van der Waals surface area contributed by atoms with Gasteiger partial charge >= 0.3 is 0 Å². The minimum absolute atomic E-state index is 0.338. The highest BCUT2D eigenvalue weighted by molar-refractivity contribution is 7.19. The predicted molar refractivity (Wildman–Crippen MR) is 116 cm³/mol. The van der Waals surface area contributed by atoms with Gasteiger partial charge in [-0.25, -0.2) is 9.97 Å². The largest absolute Gasteiger partial charge is 0.365 e. The number of allylic oxidation sites excluding steroid dienone is 4. The molecule has 0 aliphatic carbocycles. The van der Waals surface area contributed by atoms with Gasteiger partial charge in [0.05, 0.1) is 15.8 Å². The number of halogens is 2. The topological polar surface area (TPSA) is 54.9 Å².